The molecule has 0 radical (unpaired) electrons. The summed E-state index contributed by atoms with van der Waals surface area (Å²) in [5.74, 6) is 1.62. The molecule has 0 aromatic heterocycles. The van der Waals surface area contributed by atoms with Gasteiger partial charge in [0.25, 0.3) is 0 Å². The minimum Gasteiger partial charge on any atom is -0.503 e. The van der Waals surface area contributed by atoms with Gasteiger partial charge in [-0.15, -0.1) is 0 Å². The molecule has 3 aromatic carbocycles. The highest BCUT2D eigenvalue weighted by atomic mass is 16.5. The smallest absolute Gasteiger partial charge is 0.203 e. The van der Waals surface area contributed by atoms with E-state index in [-0.39, 0.29) is 11.5 Å². The molecular formula is C27H27NO6. The quantitative estimate of drug-likeness (QED) is 0.181. The Bertz CT molecular complexity index is 1180. The maximum atomic E-state index is 12.3. The Kier molecular flexibility index (Phi) is 8.18. The van der Waals surface area contributed by atoms with Crippen LogP contribution in [0.3, 0.4) is 0 Å². The number of rotatable bonds is 10. The lowest BCUT2D eigenvalue weighted by atomic mass is 10.1. The summed E-state index contributed by atoms with van der Waals surface area (Å²) in [6, 6.07) is 16.0. The zero-order valence-electron chi connectivity index (χ0n) is 19.5. The molecule has 176 valence electrons. The first-order chi connectivity index (χ1) is 16.5. The van der Waals surface area contributed by atoms with E-state index in [2.05, 4.69) is 5.32 Å². The van der Waals surface area contributed by atoms with Gasteiger partial charge < -0.3 is 29.4 Å². The van der Waals surface area contributed by atoms with Crippen molar-refractivity contribution in [2.45, 2.75) is 0 Å². The fraction of sp³-hybridized carbons (Fsp3) is 0.148. The summed E-state index contributed by atoms with van der Waals surface area (Å²) >= 11 is 0. The highest BCUT2D eigenvalue weighted by Crippen LogP contribution is 2.40. The Morgan fingerprint density at radius 3 is 2.06 bits per heavy atom. The molecule has 0 heterocycles. The lowest BCUT2D eigenvalue weighted by Crippen LogP contribution is -1.98. The van der Waals surface area contributed by atoms with Gasteiger partial charge in [-0.25, -0.2) is 0 Å². The zero-order chi connectivity index (χ0) is 24.5. The van der Waals surface area contributed by atoms with Crippen LogP contribution in [-0.4, -0.2) is 39.3 Å². The van der Waals surface area contributed by atoms with E-state index in [0.29, 0.717) is 39.8 Å². The molecule has 0 amide bonds. The van der Waals surface area contributed by atoms with E-state index in [1.807, 2.05) is 30.4 Å². The lowest BCUT2D eigenvalue weighted by molar-refractivity contribution is 0.104. The van der Waals surface area contributed by atoms with Gasteiger partial charge >= 0.3 is 0 Å². The van der Waals surface area contributed by atoms with Crippen molar-refractivity contribution in [3.8, 4) is 28.7 Å². The molecule has 0 fully saturated rings. The maximum Gasteiger partial charge on any atom is 0.203 e. The second kappa shape index (κ2) is 11.5. The summed E-state index contributed by atoms with van der Waals surface area (Å²) in [5, 5.41) is 13.7. The first kappa shape index (κ1) is 24.3. The number of methoxy groups -OCH3 is 4. The fourth-order valence-electron chi connectivity index (χ4n) is 3.33. The van der Waals surface area contributed by atoms with Gasteiger partial charge in [0.15, 0.2) is 28.8 Å². The number of hydrogen-bond donors (Lipinski definition) is 2. The number of phenolic OH excluding ortho intramolecular Hbond substituents is 1. The molecule has 0 saturated carbocycles. The molecule has 0 bridgehead atoms. The molecule has 0 saturated heterocycles. The van der Waals surface area contributed by atoms with Gasteiger partial charge in [-0.2, -0.15) is 0 Å². The molecule has 0 aliphatic heterocycles. The van der Waals surface area contributed by atoms with E-state index < -0.39 is 0 Å². The van der Waals surface area contributed by atoms with E-state index in [1.54, 1.807) is 57.7 Å². The third-order valence-corrected chi connectivity index (χ3v) is 5.06. The Morgan fingerprint density at radius 1 is 0.824 bits per heavy atom. The van der Waals surface area contributed by atoms with Crippen LogP contribution in [0.4, 0.5) is 5.69 Å². The van der Waals surface area contributed by atoms with Gasteiger partial charge in [0.05, 0.1) is 34.1 Å². The number of carbonyl (C=O) groups excluding carboxylic acids is 1. The highest BCUT2D eigenvalue weighted by Gasteiger charge is 2.14. The fourth-order valence-corrected chi connectivity index (χ4v) is 3.33. The van der Waals surface area contributed by atoms with Crippen LogP contribution in [0.2, 0.25) is 0 Å². The molecule has 34 heavy (non-hydrogen) atoms. The number of ether oxygens (including phenoxy) is 4. The number of anilines is 1. The van der Waals surface area contributed by atoms with E-state index in [4.69, 9.17) is 18.9 Å². The number of nitrogens with one attached hydrogen (secondary N) is 1. The van der Waals surface area contributed by atoms with Crippen LogP contribution in [-0.2, 0) is 0 Å². The van der Waals surface area contributed by atoms with Gasteiger partial charge in [0.2, 0.25) is 5.75 Å². The van der Waals surface area contributed by atoms with Crippen LogP contribution in [0.5, 0.6) is 28.7 Å². The number of carbonyl (C=O) groups is 1. The molecule has 0 atom stereocenters. The first-order valence-corrected chi connectivity index (χ1v) is 10.4. The van der Waals surface area contributed by atoms with Crippen LogP contribution in [0.25, 0.3) is 12.2 Å². The van der Waals surface area contributed by atoms with Crippen molar-refractivity contribution in [1.82, 2.24) is 0 Å². The predicted octanol–water partition coefficient (Wildman–Crippen LogP) is 5.41. The second-order valence-corrected chi connectivity index (χ2v) is 7.08. The Balaban J connectivity index is 1.92. The van der Waals surface area contributed by atoms with Crippen molar-refractivity contribution in [3.63, 3.8) is 0 Å². The number of aromatic hydroxyl groups is 1. The normalized spacial score (nSPS) is 10.9. The molecule has 7 heteroatoms. The minimum atomic E-state index is -0.162. The van der Waals surface area contributed by atoms with Gasteiger partial charge in [0, 0.05) is 23.4 Å². The number of hydrogen-bond acceptors (Lipinski definition) is 7. The number of phenols is 1. The van der Waals surface area contributed by atoms with E-state index in [1.165, 1.54) is 19.4 Å². The summed E-state index contributed by atoms with van der Waals surface area (Å²) < 4.78 is 21.4. The molecule has 3 aromatic rings. The van der Waals surface area contributed by atoms with Crippen molar-refractivity contribution >= 4 is 23.6 Å². The van der Waals surface area contributed by atoms with Crippen LogP contribution in [0, 0.1) is 0 Å². The number of ketones is 1. The molecule has 0 unspecified atom stereocenters. The van der Waals surface area contributed by atoms with E-state index >= 15 is 0 Å². The van der Waals surface area contributed by atoms with Crippen molar-refractivity contribution in [3.05, 3.63) is 83.6 Å². The first-order valence-electron chi connectivity index (χ1n) is 10.4. The Hall–Kier alpha value is -4.39. The minimum absolute atomic E-state index is 0.0775. The lowest BCUT2D eigenvalue weighted by Gasteiger charge is -2.13. The van der Waals surface area contributed by atoms with E-state index in [9.17, 15) is 9.90 Å². The average molecular weight is 462 g/mol. The molecule has 0 spiro atoms. The molecule has 2 N–H and O–H groups in total. The van der Waals surface area contributed by atoms with Crippen LogP contribution in [0.1, 0.15) is 21.5 Å². The standard InChI is InChI=1S/C27H27NO6/c1-31-22-13-12-20(11-10-18-16-23(32-2)27(34-4)24(17-18)33-3)25(26(22)30)28-15-14-21(29)19-8-6-5-7-9-19/h5-17,28,30H,1-4H3. The topological polar surface area (TPSA) is 86.3 Å². The van der Waals surface area contributed by atoms with Crippen LogP contribution in [0.15, 0.2) is 66.9 Å². The number of benzene rings is 3. The monoisotopic (exact) mass is 461 g/mol. The molecule has 0 aliphatic rings. The summed E-state index contributed by atoms with van der Waals surface area (Å²) in [6.45, 7) is 0. The van der Waals surface area contributed by atoms with Gasteiger partial charge in [-0.1, -0.05) is 42.5 Å². The molecule has 7 nitrogen and oxygen atoms in total. The zero-order valence-corrected chi connectivity index (χ0v) is 19.5. The van der Waals surface area contributed by atoms with Gasteiger partial charge in [-0.05, 0) is 29.8 Å². The number of allylic oxidation sites excluding steroid dienone is 1. The van der Waals surface area contributed by atoms with Crippen molar-refractivity contribution in [2.24, 2.45) is 0 Å². The van der Waals surface area contributed by atoms with Crippen molar-refractivity contribution in [1.29, 1.82) is 0 Å². The van der Waals surface area contributed by atoms with Gasteiger partial charge in [-0.3, -0.25) is 4.79 Å². The summed E-state index contributed by atoms with van der Waals surface area (Å²) in [6.07, 6.45) is 6.55. The Morgan fingerprint density at radius 2 is 1.47 bits per heavy atom. The predicted molar refractivity (Wildman–Crippen MR) is 133 cm³/mol. The van der Waals surface area contributed by atoms with Crippen LogP contribution < -0.4 is 24.3 Å². The molecule has 0 aliphatic carbocycles. The molecule has 3 rings (SSSR count). The summed E-state index contributed by atoms with van der Waals surface area (Å²) in [5.41, 5.74) is 2.42. The van der Waals surface area contributed by atoms with E-state index in [0.717, 1.165) is 5.56 Å². The summed E-state index contributed by atoms with van der Waals surface area (Å²) in [4.78, 5) is 12.3. The average Bonchev–Trinajstić information content (AvgIpc) is 2.88. The SMILES string of the molecule is COc1ccc(C=Cc2cc(OC)c(OC)c(OC)c2)c(NC=CC(=O)c2ccccc2)c1O. The van der Waals surface area contributed by atoms with Crippen molar-refractivity contribution < 1.29 is 28.8 Å². The highest BCUT2D eigenvalue weighted by molar-refractivity contribution is 6.04. The van der Waals surface area contributed by atoms with Crippen molar-refractivity contribution in [2.75, 3.05) is 33.8 Å². The molecular weight excluding hydrogens is 434 g/mol. The van der Waals surface area contributed by atoms with Gasteiger partial charge in [0.1, 0.15) is 0 Å². The van der Waals surface area contributed by atoms with Crippen LogP contribution >= 0.6 is 0 Å². The third kappa shape index (κ3) is 5.50. The summed E-state index contributed by atoms with van der Waals surface area (Å²) in [7, 11) is 6.12. The largest absolute Gasteiger partial charge is 0.503 e. The second-order valence-electron chi connectivity index (χ2n) is 7.08. The third-order valence-electron chi connectivity index (χ3n) is 5.06. The Labute approximate surface area is 198 Å². The maximum absolute atomic E-state index is 12.3.